The topological polar surface area (TPSA) is 74.4 Å². The molecule has 94 valence electrons. The fourth-order valence-corrected chi connectivity index (χ4v) is 2.32. The van der Waals surface area contributed by atoms with Crippen molar-refractivity contribution in [3.05, 3.63) is 29.3 Å². The molecule has 0 aliphatic carbocycles. The second-order valence-corrected chi connectivity index (χ2v) is 4.33. The monoisotopic (exact) mass is 264 g/mol. The fraction of sp³-hybridized carbons (Fsp3) is 0.167. The van der Waals surface area contributed by atoms with Crippen LogP contribution in [0.4, 0.5) is 0 Å². The van der Waals surface area contributed by atoms with Gasteiger partial charge in [0.1, 0.15) is 22.2 Å². The quantitative estimate of drug-likeness (QED) is 0.915. The molecule has 0 aliphatic rings. The highest BCUT2D eigenvalue weighted by Crippen LogP contribution is 2.34. The number of thiazole rings is 1. The Morgan fingerprint density at radius 2 is 2.11 bits per heavy atom. The Kier molecular flexibility index (Phi) is 3.47. The van der Waals surface area contributed by atoms with Crippen LogP contribution in [0.3, 0.4) is 0 Å². The van der Waals surface area contributed by atoms with E-state index in [0.717, 1.165) is 5.56 Å². The van der Waals surface area contributed by atoms with E-state index in [9.17, 15) is 4.79 Å². The number of nitrogens with two attached hydrogens (primary N) is 1. The number of nitrogens with zero attached hydrogens (tertiary/aromatic N) is 1. The van der Waals surface area contributed by atoms with Crippen LogP contribution in [-0.2, 0) is 0 Å². The van der Waals surface area contributed by atoms with Crippen molar-refractivity contribution >= 4 is 17.2 Å². The number of hydrogen-bond acceptors (Lipinski definition) is 5. The van der Waals surface area contributed by atoms with E-state index < -0.39 is 5.91 Å². The van der Waals surface area contributed by atoms with Crippen LogP contribution in [0.15, 0.2) is 23.6 Å². The highest BCUT2D eigenvalue weighted by molar-refractivity contribution is 7.13. The first kappa shape index (κ1) is 12.4. The smallest absolute Gasteiger partial charge is 0.268 e. The molecule has 0 atom stereocenters. The lowest BCUT2D eigenvalue weighted by Crippen LogP contribution is -2.10. The minimum atomic E-state index is -0.537. The van der Waals surface area contributed by atoms with Gasteiger partial charge >= 0.3 is 0 Å². The number of benzene rings is 1. The maximum absolute atomic E-state index is 11.0. The Hall–Kier alpha value is -2.08. The molecule has 5 nitrogen and oxygen atoms in total. The third-order valence-corrected chi connectivity index (χ3v) is 3.27. The van der Waals surface area contributed by atoms with Crippen molar-refractivity contribution in [1.29, 1.82) is 0 Å². The molecular formula is C12H12N2O3S. The molecule has 0 bridgehead atoms. The lowest BCUT2D eigenvalue weighted by atomic mass is 10.2. The lowest BCUT2D eigenvalue weighted by Gasteiger charge is -2.08. The lowest BCUT2D eigenvalue weighted by molar-refractivity contribution is 0.0996. The Bertz CT molecular complexity index is 580. The van der Waals surface area contributed by atoms with Gasteiger partial charge < -0.3 is 15.2 Å². The summed E-state index contributed by atoms with van der Waals surface area (Å²) >= 11 is 1.34. The SMILES string of the molecule is COc1ccc(-c2nc(C(N)=O)cs2)c(OC)c1. The molecule has 0 spiro atoms. The number of carbonyl (C=O) groups is 1. The molecule has 1 amide bonds. The van der Waals surface area contributed by atoms with Crippen molar-refractivity contribution in [1.82, 2.24) is 4.98 Å². The van der Waals surface area contributed by atoms with Crippen LogP contribution in [-0.4, -0.2) is 25.1 Å². The third kappa shape index (κ3) is 2.28. The zero-order valence-corrected chi connectivity index (χ0v) is 10.8. The molecule has 0 fully saturated rings. The van der Waals surface area contributed by atoms with Crippen molar-refractivity contribution in [3.8, 4) is 22.1 Å². The van der Waals surface area contributed by atoms with Crippen LogP contribution in [0, 0.1) is 0 Å². The molecule has 6 heteroatoms. The van der Waals surface area contributed by atoms with E-state index in [2.05, 4.69) is 4.98 Å². The van der Waals surface area contributed by atoms with Gasteiger partial charge in [-0.1, -0.05) is 0 Å². The van der Waals surface area contributed by atoms with E-state index in [-0.39, 0.29) is 5.69 Å². The highest BCUT2D eigenvalue weighted by Gasteiger charge is 2.13. The van der Waals surface area contributed by atoms with Crippen LogP contribution in [0.25, 0.3) is 10.6 Å². The summed E-state index contributed by atoms with van der Waals surface area (Å²) in [4.78, 5) is 15.2. The molecule has 0 saturated heterocycles. The van der Waals surface area contributed by atoms with Gasteiger partial charge in [-0.05, 0) is 12.1 Å². The van der Waals surface area contributed by atoms with Crippen LogP contribution < -0.4 is 15.2 Å². The van der Waals surface area contributed by atoms with Gasteiger partial charge in [0.15, 0.2) is 0 Å². The Balaban J connectivity index is 2.45. The van der Waals surface area contributed by atoms with Gasteiger partial charge in [-0.3, -0.25) is 4.79 Å². The molecule has 1 aromatic heterocycles. The van der Waals surface area contributed by atoms with Gasteiger partial charge in [0.05, 0.1) is 19.8 Å². The van der Waals surface area contributed by atoms with Crippen LogP contribution >= 0.6 is 11.3 Å². The van der Waals surface area contributed by atoms with E-state index in [0.29, 0.717) is 16.5 Å². The predicted octanol–water partition coefficient (Wildman–Crippen LogP) is 1.93. The summed E-state index contributed by atoms with van der Waals surface area (Å²) in [6.45, 7) is 0. The molecule has 2 rings (SSSR count). The van der Waals surface area contributed by atoms with Gasteiger partial charge in [-0.15, -0.1) is 11.3 Å². The minimum absolute atomic E-state index is 0.257. The van der Waals surface area contributed by atoms with Crippen molar-refractivity contribution in [2.45, 2.75) is 0 Å². The first-order valence-electron chi connectivity index (χ1n) is 5.13. The Morgan fingerprint density at radius 1 is 1.33 bits per heavy atom. The van der Waals surface area contributed by atoms with Gasteiger partial charge in [0.2, 0.25) is 0 Å². The average Bonchev–Trinajstić information content (AvgIpc) is 2.87. The van der Waals surface area contributed by atoms with Crippen molar-refractivity contribution in [2.24, 2.45) is 5.73 Å². The van der Waals surface area contributed by atoms with Crippen molar-refractivity contribution < 1.29 is 14.3 Å². The van der Waals surface area contributed by atoms with Crippen LogP contribution in [0.5, 0.6) is 11.5 Å². The Morgan fingerprint density at radius 3 is 2.67 bits per heavy atom. The van der Waals surface area contributed by atoms with E-state index >= 15 is 0 Å². The van der Waals surface area contributed by atoms with Crippen molar-refractivity contribution in [3.63, 3.8) is 0 Å². The zero-order chi connectivity index (χ0) is 13.1. The number of hydrogen-bond donors (Lipinski definition) is 1. The summed E-state index contributed by atoms with van der Waals surface area (Å²) < 4.78 is 10.4. The third-order valence-electron chi connectivity index (χ3n) is 2.40. The number of amides is 1. The van der Waals surface area contributed by atoms with Gasteiger partial charge in [0.25, 0.3) is 5.91 Å². The van der Waals surface area contributed by atoms with E-state index in [1.165, 1.54) is 11.3 Å². The summed E-state index contributed by atoms with van der Waals surface area (Å²) in [6.07, 6.45) is 0. The molecular weight excluding hydrogens is 252 g/mol. The number of ether oxygens (including phenoxy) is 2. The predicted molar refractivity (Wildman–Crippen MR) is 69.2 cm³/mol. The van der Waals surface area contributed by atoms with Gasteiger partial charge in [-0.2, -0.15) is 0 Å². The van der Waals surface area contributed by atoms with E-state index in [4.69, 9.17) is 15.2 Å². The van der Waals surface area contributed by atoms with E-state index in [1.807, 2.05) is 12.1 Å². The number of rotatable bonds is 4. The summed E-state index contributed by atoms with van der Waals surface area (Å²) in [5.41, 5.74) is 6.23. The number of carbonyl (C=O) groups excluding carboxylic acids is 1. The standard InChI is InChI=1S/C12H12N2O3S/c1-16-7-3-4-8(10(5-7)17-2)12-14-9(6-18-12)11(13)15/h3-6H,1-2H3,(H2,13,15). The summed E-state index contributed by atoms with van der Waals surface area (Å²) in [6, 6.07) is 5.41. The second-order valence-electron chi connectivity index (χ2n) is 3.47. The van der Waals surface area contributed by atoms with Crippen LogP contribution in [0.1, 0.15) is 10.5 Å². The molecule has 0 radical (unpaired) electrons. The normalized spacial score (nSPS) is 10.1. The molecule has 0 unspecified atom stereocenters. The largest absolute Gasteiger partial charge is 0.497 e. The maximum atomic E-state index is 11.0. The summed E-state index contributed by atoms with van der Waals surface area (Å²) in [5.74, 6) is 0.798. The zero-order valence-electron chi connectivity index (χ0n) is 9.97. The molecule has 1 aromatic carbocycles. The van der Waals surface area contributed by atoms with Crippen LogP contribution in [0.2, 0.25) is 0 Å². The maximum Gasteiger partial charge on any atom is 0.268 e. The average molecular weight is 264 g/mol. The molecule has 2 aromatic rings. The summed E-state index contributed by atoms with van der Waals surface area (Å²) in [7, 11) is 3.16. The van der Waals surface area contributed by atoms with Gasteiger partial charge in [0, 0.05) is 11.4 Å². The number of aromatic nitrogens is 1. The number of primary amides is 1. The van der Waals surface area contributed by atoms with Crippen molar-refractivity contribution in [2.75, 3.05) is 14.2 Å². The molecule has 0 aliphatic heterocycles. The number of methoxy groups -OCH3 is 2. The highest BCUT2D eigenvalue weighted by atomic mass is 32.1. The first-order chi connectivity index (χ1) is 8.65. The minimum Gasteiger partial charge on any atom is -0.497 e. The first-order valence-corrected chi connectivity index (χ1v) is 6.01. The second kappa shape index (κ2) is 5.05. The molecule has 0 saturated carbocycles. The molecule has 1 heterocycles. The Labute approximate surface area is 108 Å². The summed E-state index contributed by atoms with van der Waals surface area (Å²) in [5, 5.41) is 2.31. The van der Waals surface area contributed by atoms with E-state index in [1.54, 1.807) is 25.7 Å². The fourth-order valence-electron chi connectivity index (χ4n) is 1.49. The molecule has 18 heavy (non-hydrogen) atoms. The molecule has 2 N–H and O–H groups in total. The van der Waals surface area contributed by atoms with Gasteiger partial charge in [-0.25, -0.2) is 4.98 Å².